The molecule has 1 aliphatic rings. The lowest BCUT2D eigenvalue weighted by molar-refractivity contribution is -0.142. The molecular formula is C10H17NO4S. The van der Waals surface area contributed by atoms with Crippen LogP contribution in [0.2, 0.25) is 0 Å². The summed E-state index contributed by atoms with van der Waals surface area (Å²) in [6.07, 6.45) is -0.558. The Kier molecular flexibility index (Phi) is 3.72. The molecule has 0 aliphatic carbocycles. The van der Waals surface area contributed by atoms with Gasteiger partial charge in [-0.1, -0.05) is 0 Å². The number of ether oxygens (including phenoxy) is 1. The van der Waals surface area contributed by atoms with Crippen LogP contribution in [0.5, 0.6) is 0 Å². The van der Waals surface area contributed by atoms with Gasteiger partial charge in [0.1, 0.15) is 11.6 Å². The molecule has 1 saturated heterocycles. The number of hydrogen-bond acceptors (Lipinski definition) is 4. The molecule has 1 aliphatic heterocycles. The normalized spacial score (nSPS) is 25.6. The van der Waals surface area contributed by atoms with Crippen LogP contribution in [-0.2, 0) is 9.53 Å². The molecule has 0 saturated carbocycles. The predicted octanol–water partition coefficient (Wildman–Crippen LogP) is 1.77. The summed E-state index contributed by atoms with van der Waals surface area (Å²) in [4.78, 5) is 24.1. The van der Waals surface area contributed by atoms with Gasteiger partial charge in [-0.25, -0.2) is 9.59 Å². The summed E-state index contributed by atoms with van der Waals surface area (Å²) in [6, 6.07) is -0.783. The topological polar surface area (TPSA) is 66.8 Å². The molecule has 0 aromatic carbocycles. The summed E-state index contributed by atoms with van der Waals surface area (Å²) < 4.78 is 5.18. The second kappa shape index (κ2) is 4.53. The maximum atomic E-state index is 11.8. The van der Waals surface area contributed by atoms with E-state index in [0.29, 0.717) is 5.75 Å². The van der Waals surface area contributed by atoms with E-state index in [-0.39, 0.29) is 5.37 Å². The van der Waals surface area contributed by atoms with E-state index >= 15 is 0 Å². The maximum absolute atomic E-state index is 11.8. The van der Waals surface area contributed by atoms with E-state index in [2.05, 4.69) is 0 Å². The van der Waals surface area contributed by atoms with Crippen molar-refractivity contribution in [2.75, 3.05) is 5.75 Å². The van der Waals surface area contributed by atoms with Crippen molar-refractivity contribution in [2.24, 2.45) is 0 Å². The van der Waals surface area contributed by atoms with Crippen LogP contribution in [0.15, 0.2) is 0 Å². The number of nitrogens with zero attached hydrogens (tertiary/aromatic N) is 1. The Morgan fingerprint density at radius 3 is 2.44 bits per heavy atom. The minimum absolute atomic E-state index is 0.157. The Morgan fingerprint density at radius 1 is 1.44 bits per heavy atom. The fraction of sp³-hybridized carbons (Fsp3) is 0.800. The summed E-state index contributed by atoms with van der Waals surface area (Å²) >= 11 is 1.44. The number of aliphatic carboxylic acids is 1. The van der Waals surface area contributed by atoms with E-state index in [1.165, 1.54) is 16.7 Å². The molecule has 6 heteroatoms. The third-order valence-electron chi connectivity index (χ3n) is 2.11. The van der Waals surface area contributed by atoms with E-state index < -0.39 is 23.7 Å². The number of carbonyl (C=O) groups is 2. The lowest BCUT2D eigenvalue weighted by Gasteiger charge is -2.28. The Labute approximate surface area is 99.1 Å². The maximum Gasteiger partial charge on any atom is 0.411 e. The number of amides is 1. The molecule has 5 nitrogen and oxygen atoms in total. The van der Waals surface area contributed by atoms with Gasteiger partial charge in [-0.05, 0) is 27.7 Å². The average Bonchev–Trinajstić information content (AvgIpc) is 2.43. The van der Waals surface area contributed by atoms with Crippen molar-refractivity contribution < 1.29 is 19.4 Å². The Morgan fingerprint density at radius 2 is 2.00 bits per heavy atom. The van der Waals surface area contributed by atoms with Crippen molar-refractivity contribution in [1.29, 1.82) is 0 Å². The molecule has 0 aromatic rings. The zero-order valence-corrected chi connectivity index (χ0v) is 10.7. The minimum atomic E-state index is -0.984. The van der Waals surface area contributed by atoms with Gasteiger partial charge in [-0.15, -0.1) is 11.8 Å². The van der Waals surface area contributed by atoms with Gasteiger partial charge >= 0.3 is 12.1 Å². The lowest BCUT2D eigenvalue weighted by atomic mass is 10.2. The van der Waals surface area contributed by atoms with Gasteiger partial charge in [-0.2, -0.15) is 0 Å². The molecule has 0 bridgehead atoms. The van der Waals surface area contributed by atoms with Crippen molar-refractivity contribution in [3.63, 3.8) is 0 Å². The highest BCUT2D eigenvalue weighted by Crippen LogP contribution is 2.30. The first-order valence-electron chi connectivity index (χ1n) is 5.08. The summed E-state index contributed by atoms with van der Waals surface area (Å²) in [7, 11) is 0. The van der Waals surface area contributed by atoms with Gasteiger partial charge in [0, 0.05) is 5.75 Å². The molecule has 1 rings (SSSR count). The van der Waals surface area contributed by atoms with E-state index in [1.807, 2.05) is 0 Å². The Bertz CT molecular complexity index is 300. The van der Waals surface area contributed by atoms with E-state index in [4.69, 9.17) is 9.84 Å². The van der Waals surface area contributed by atoms with Gasteiger partial charge < -0.3 is 9.84 Å². The highest BCUT2D eigenvalue weighted by atomic mass is 32.2. The van der Waals surface area contributed by atoms with Crippen molar-refractivity contribution in [3.8, 4) is 0 Å². The molecule has 1 heterocycles. The zero-order valence-electron chi connectivity index (χ0n) is 9.89. The summed E-state index contributed by atoms with van der Waals surface area (Å²) in [5, 5.41) is 8.83. The quantitative estimate of drug-likeness (QED) is 0.765. The molecule has 0 radical (unpaired) electrons. The number of carboxylic acids is 1. The van der Waals surface area contributed by atoms with Crippen molar-refractivity contribution in [3.05, 3.63) is 0 Å². The van der Waals surface area contributed by atoms with E-state index in [9.17, 15) is 9.59 Å². The van der Waals surface area contributed by atoms with Gasteiger partial charge in [-0.3, -0.25) is 4.90 Å². The molecule has 0 spiro atoms. The second-order valence-electron chi connectivity index (χ2n) is 4.67. The van der Waals surface area contributed by atoms with Crippen LogP contribution < -0.4 is 0 Å². The molecule has 0 aromatic heterocycles. The smallest absolute Gasteiger partial charge is 0.411 e. The van der Waals surface area contributed by atoms with Crippen molar-refractivity contribution >= 4 is 23.8 Å². The molecule has 16 heavy (non-hydrogen) atoms. The molecule has 2 atom stereocenters. The highest BCUT2D eigenvalue weighted by molar-refractivity contribution is 8.00. The molecule has 1 amide bonds. The number of thioether (sulfide) groups is 1. The SMILES string of the molecule is C[C@@H]1SC[C@H](C(=O)O)N1C(=O)OC(C)(C)C. The van der Waals surface area contributed by atoms with Crippen LogP contribution in [-0.4, -0.2) is 44.8 Å². The fourth-order valence-corrected chi connectivity index (χ4v) is 2.58. The van der Waals surface area contributed by atoms with Crippen molar-refractivity contribution in [1.82, 2.24) is 4.90 Å². The largest absolute Gasteiger partial charge is 0.480 e. The van der Waals surface area contributed by atoms with Gasteiger partial charge in [0.05, 0.1) is 5.37 Å². The lowest BCUT2D eigenvalue weighted by Crippen LogP contribution is -2.46. The predicted molar refractivity (Wildman–Crippen MR) is 61.4 cm³/mol. The van der Waals surface area contributed by atoms with Crippen molar-refractivity contribution in [2.45, 2.75) is 44.7 Å². The molecule has 0 unspecified atom stereocenters. The summed E-state index contributed by atoms with van der Waals surface area (Å²) in [5.41, 5.74) is -0.604. The zero-order chi connectivity index (χ0) is 12.5. The number of carbonyl (C=O) groups excluding carboxylic acids is 1. The third-order valence-corrected chi connectivity index (χ3v) is 3.33. The molecule has 92 valence electrons. The van der Waals surface area contributed by atoms with Gasteiger partial charge in [0.25, 0.3) is 0 Å². The van der Waals surface area contributed by atoms with E-state index in [0.717, 1.165) is 0 Å². The molecule has 1 N–H and O–H groups in total. The number of carboxylic acid groups (broad SMARTS) is 1. The molecular weight excluding hydrogens is 230 g/mol. The third kappa shape index (κ3) is 3.04. The van der Waals surface area contributed by atoms with Crippen LogP contribution in [0.25, 0.3) is 0 Å². The van der Waals surface area contributed by atoms with E-state index in [1.54, 1.807) is 27.7 Å². The van der Waals surface area contributed by atoms with Crippen LogP contribution in [0.3, 0.4) is 0 Å². The Hall–Kier alpha value is -0.910. The standard InChI is InChI=1S/C10H17NO4S/c1-6-11(7(5-16-6)8(12)13)9(14)15-10(2,3)4/h6-7H,5H2,1-4H3,(H,12,13)/t6-,7+/m0/s1. The first-order chi connectivity index (χ1) is 7.22. The van der Waals surface area contributed by atoms with Crippen LogP contribution in [0, 0.1) is 0 Å². The first-order valence-corrected chi connectivity index (χ1v) is 6.13. The number of hydrogen-bond donors (Lipinski definition) is 1. The molecule has 1 fully saturated rings. The van der Waals surface area contributed by atoms with Gasteiger partial charge in [0.2, 0.25) is 0 Å². The second-order valence-corrected chi connectivity index (χ2v) is 6.02. The highest BCUT2D eigenvalue weighted by Gasteiger charge is 2.41. The minimum Gasteiger partial charge on any atom is -0.480 e. The average molecular weight is 247 g/mol. The first kappa shape index (κ1) is 13.2. The number of rotatable bonds is 1. The Balaban J connectivity index is 2.76. The van der Waals surface area contributed by atoms with Crippen LogP contribution >= 0.6 is 11.8 Å². The van der Waals surface area contributed by atoms with Crippen LogP contribution in [0.4, 0.5) is 4.79 Å². The fourth-order valence-electron chi connectivity index (χ4n) is 1.43. The van der Waals surface area contributed by atoms with Gasteiger partial charge in [0.15, 0.2) is 0 Å². The summed E-state index contributed by atoms with van der Waals surface area (Å²) in [5.74, 6) is -0.571. The monoisotopic (exact) mass is 247 g/mol. The van der Waals surface area contributed by atoms with Crippen LogP contribution in [0.1, 0.15) is 27.7 Å². The summed E-state index contributed by atoms with van der Waals surface area (Å²) in [6.45, 7) is 7.08.